The highest BCUT2D eigenvalue weighted by Crippen LogP contribution is 2.28. The Kier molecular flexibility index (Phi) is 4.21. The summed E-state index contributed by atoms with van der Waals surface area (Å²) in [4.78, 5) is 0. The Bertz CT molecular complexity index is 348. The first-order chi connectivity index (χ1) is 8.16. The zero-order valence-electron chi connectivity index (χ0n) is 11.4. The molecule has 0 aromatic carbocycles. The van der Waals surface area contributed by atoms with Gasteiger partial charge in [0.25, 0.3) is 0 Å². The quantitative estimate of drug-likeness (QED) is 0.868. The van der Waals surface area contributed by atoms with Gasteiger partial charge in [-0.2, -0.15) is 5.10 Å². The Hall–Kier alpha value is -0.830. The predicted molar refractivity (Wildman–Crippen MR) is 71.1 cm³/mol. The molecular formula is C14H25N3. The fourth-order valence-corrected chi connectivity index (χ4v) is 2.54. The fourth-order valence-electron chi connectivity index (χ4n) is 2.54. The van der Waals surface area contributed by atoms with Crippen LogP contribution in [-0.2, 0) is 6.54 Å². The van der Waals surface area contributed by atoms with E-state index >= 15 is 0 Å². The topological polar surface area (TPSA) is 29.9 Å². The monoisotopic (exact) mass is 235 g/mol. The Morgan fingerprint density at radius 1 is 1.35 bits per heavy atom. The van der Waals surface area contributed by atoms with E-state index in [1.807, 2.05) is 0 Å². The third kappa shape index (κ3) is 3.32. The van der Waals surface area contributed by atoms with Crippen molar-refractivity contribution in [3.8, 4) is 0 Å². The van der Waals surface area contributed by atoms with Crippen LogP contribution in [0.3, 0.4) is 0 Å². The van der Waals surface area contributed by atoms with Crippen LogP contribution in [0.4, 0.5) is 0 Å². The van der Waals surface area contributed by atoms with Crippen molar-refractivity contribution in [2.75, 3.05) is 0 Å². The molecule has 96 valence electrons. The lowest BCUT2D eigenvalue weighted by molar-refractivity contribution is 0.328. The van der Waals surface area contributed by atoms with Crippen molar-refractivity contribution >= 4 is 0 Å². The molecule has 3 nitrogen and oxygen atoms in total. The average Bonchev–Trinajstić information content (AvgIpc) is 2.69. The summed E-state index contributed by atoms with van der Waals surface area (Å²) in [6.45, 7) is 7.43. The Morgan fingerprint density at radius 3 is 2.71 bits per heavy atom. The Morgan fingerprint density at radius 2 is 2.06 bits per heavy atom. The lowest BCUT2D eigenvalue weighted by Gasteiger charge is -2.21. The molecule has 1 aromatic rings. The maximum absolute atomic E-state index is 4.69. The van der Waals surface area contributed by atoms with Crippen LogP contribution in [0.5, 0.6) is 0 Å². The van der Waals surface area contributed by atoms with Crippen LogP contribution < -0.4 is 5.32 Å². The van der Waals surface area contributed by atoms with Gasteiger partial charge in [-0.1, -0.05) is 33.1 Å². The standard InChI is InChI=1S/C14H25N3/c1-11(2)15-9-13-10-17(16-12(13)3)14-7-5-4-6-8-14/h10-11,14-15H,4-9H2,1-3H3. The molecule has 1 aromatic heterocycles. The van der Waals surface area contributed by atoms with E-state index in [-0.39, 0.29) is 0 Å². The van der Waals surface area contributed by atoms with Crippen molar-refractivity contribution in [3.05, 3.63) is 17.5 Å². The summed E-state index contributed by atoms with van der Waals surface area (Å²) in [6, 6.07) is 1.18. The van der Waals surface area contributed by atoms with Crippen LogP contribution in [0, 0.1) is 6.92 Å². The van der Waals surface area contributed by atoms with Gasteiger partial charge < -0.3 is 5.32 Å². The SMILES string of the molecule is Cc1nn(C2CCCCC2)cc1CNC(C)C. The highest BCUT2D eigenvalue weighted by molar-refractivity contribution is 5.15. The van der Waals surface area contributed by atoms with Crippen LogP contribution in [0.15, 0.2) is 6.20 Å². The van der Waals surface area contributed by atoms with Crippen molar-refractivity contribution in [2.24, 2.45) is 0 Å². The molecule has 1 aliphatic rings. The van der Waals surface area contributed by atoms with E-state index in [1.165, 1.54) is 43.4 Å². The Balaban J connectivity index is 2.01. The fraction of sp³-hybridized carbons (Fsp3) is 0.786. The van der Waals surface area contributed by atoms with Crippen LogP contribution >= 0.6 is 0 Å². The average molecular weight is 235 g/mol. The van der Waals surface area contributed by atoms with Crippen molar-refractivity contribution in [1.82, 2.24) is 15.1 Å². The number of aromatic nitrogens is 2. The van der Waals surface area contributed by atoms with Gasteiger partial charge in [-0.05, 0) is 19.8 Å². The number of rotatable bonds is 4. The molecule has 1 heterocycles. The first-order valence-corrected chi connectivity index (χ1v) is 6.95. The van der Waals surface area contributed by atoms with Gasteiger partial charge in [0.1, 0.15) is 0 Å². The van der Waals surface area contributed by atoms with Crippen LogP contribution in [0.25, 0.3) is 0 Å². The molecule has 1 aliphatic carbocycles. The van der Waals surface area contributed by atoms with Crippen molar-refractivity contribution in [2.45, 2.75) is 71.5 Å². The molecule has 0 aliphatic heterocycles. The highest BCUT2D eigenvalue weighted by atomic mass is 15.3. The van der Waals surface area contributed by atoms with Crippen molar-refractivity contribution < 1.29 is 0 Å². The van der Waals surface area contributed by atoms with E-state index in [4.69, 9.17) is 0 Å². The maximum Gasteiger partial charge on any atom is 0.0638 e. The molecule has 17 heavy (non-hydrogen) atoms. The molecule has 0 radical (unpaired) electrons. The van der Waals surface area contributed by atoms with Crippen molar-refractivity contribution in [1.29, 1.82) is 0 Å². The largest absolute Gasteiger partial charge is 0.310 e. The second kappa shape index (κ2) is 5.67. The molecular weight excluding hydrogens is 210 g/mol. The maximum atomic E-state index is 4.69. The van der Waals surface area contributed by atoms with E-state index in [0.29, 0.717) is 12.1 Å². The van der Waals surface area contributed by atoms with Crippen LogP contribution in [0.1, 0.15) is 63.3 Å². The van der Waals surface area contributed by atoms with Gasteiger partial charge in [0, 0.05) is 24.3 Å². The first-order valence-electron chi connectivity index (χ1n) is 6.95. The zero-order valence-corrected chi connectivity index (χ0v) is 11.4. The van der Waals surface area contributed by atoms with E-state index in [9.17, 15) is 0 Å². The summed E-state index contributed by atoms with van der Waals surface area (Å²) >= 11 is 0. The minimum atomic E-state index is 0.535. The molecule has 0 spiro atoms. The summed E-state index contributed by atoms with van der Waals surface area (Å²) in [5, 5.41) is 8.15. The lowest BCUT2D eigenvalue weighted by Crippen LogP contribution is -2.22. The second-order valence-electron chi connectivity index (χ2n) is 5.55. The molecule has 0 atom stereocenters. The molecule has 0 bridgehead atoms. The molecule has 3 heteroatoms. The highest BCUT2D eigenvalue weighted by Gasteiger charge is 2.17. The number of hydrogen-bond acceptors (Lipinski definition) is 2. The predicted octanol–water partition coefficient (Wildman–Crippen LogP) is 3.19. The van der Waals surface area contributed by atoms with E-state index in [0.717, 1.165) is 6.54 Å². The number of aryl methyl sites for hydroxylation is 1. The third-order valence-electron chi connectivity index (χ3n) is 3.67. The zero-order chi connectivity index (χ0) is 12.3. The van der Waals surface area contributed by atoms with Crippen molar-refractivity contribution in [3.63, 3.8) is 0 Å². The van der Waals surface area contributed by atoms with E-state index < -0.39 is 0 Å². The van der Waals surface area contributed by atoms with Gasteiger partial charge in [-0.15, -0.1) is 0 Å². The molecule has 2 rings (SSSR count). The summed E-state index contributed by atoms with van der Waals surface area (Å²) in [6.07, 6.45) is 8.99. The van der Waals surface area contributed by atoms with Gasteiger partial charge in [0.15, 0.2) is 0 Å². The number of hydrogen-bond donors (Lipinski definition) is 1. The smallest absolute Gasteiger partial charge is 0.0638 e. The summed E-state index contributed by atoms with van der Waals surface area (Å²) in [7, 11) is 0. The Labute approximate surface area is 105 Å². The summed E-state index contributed by atoms with van der Waals surface area (Å²) in [5.41, 5.74) is 2.54. The van der Waals surface area contributed by atoms with Gasteiger partial charge in [0.2, 0.25) is 0 Å². The molecule has 0 amide bonds. The van der Waals surface area contributed by atoms with Gasteiger partial charge in [-0.3, -0.25) is 4.68 Å². The van der Waals surface area contributed by atoms with E-state index in [2.05, 4.69) is 42.1 Å². The lowest BCUT2D eigenvalue weighted by atomic mass is 9.96. The summed E-state index contributed by atoms with van der Waals surface area (Å²) in [5.74, 6) is 0. The van der Waals surface area contributed by atoms with Gasteiger partial charge in [0.05, 0.1) is 11.7 Å². The molecule has 1 saturated carbocycles. The first kappa shape index (κ1) is 12.6. The minimum Gasteiger partial charge on any atom is -0.310 e. The second-order valence-corrected chi connectivity index (χ2v) is 5.55. The molecule has 0 saturated heterocycles. The van der Waals surface area contributed by atoms with Crippen LogP contribution in [0.2, 0.25) is 0 Å². The van der Waals surface area contributed by atoms with E-state index in [1.54, 1.807) is 0 Å². The third-order valence-corrected chi connectivity index (χ3v) is 3.67. The molecule has 1 fully saturated rings. The minimum absolute atomic E-state index is 0.535. The summed E-state index contributed by atoms with van der Waals surface area (Å²) < 4.78 is 2.21. The van der Waals surface area contributed by atoms with Crippen LogP contribution in [-0.4, -0.2) is 15.8 Å². The normalized spacial score (nSPS) is 17.9. The van der Waals surface area contributed by atoms with Gasteiger partial charge >= 0.3 is 0 Å². The molecule has 0 unspecified atom stereocenters. The van der Waals surface area contributed by atoms with Gasteiger partial charge in [-0.25, -0.2) is 0 Å². The molecule has 1 N–H and O–H groups in total. The number of nitrogens with zero attached hydrogens (tertiary/aromatic N) is 2. The number of nitrogens with one attached hydrogen (secondary N) is 1.